The third-order valence-electron chi connectivity index (χ3n) is 4.04. The lowest BCUT2D eigenvalue weighted by Gasteiger charge is -2.13. The topological polar surface area (TPSA) is 121 Å². The molecule has 36 heavy (non-hydrogen) atoms. The molecule has 2 rings (SSSR count). The van der Waals surface area contributed by atoms with Crippen LogP contribution in [0.15, 0.2) is 42.2 Å². The molecule has 0 saturated heterocycles. The van der Waals surface area contributed by atoms with Crippen LogP contribution < -0.4 is 4.74 Å². The van der Waals surface area contributed by atoms with E-state index in [1.807, 2.05) is 6.07 Å². The molecule has 0 atom stereocenters. The molecule has 2 N–H and O–H groups in total. The van der Waals surface area contributed by atoms with E-state index in [0.29, 0.717) is 71.0 Å². The SMILES string of the molecule is CCOC(=O)c1cc(Br)cc(Br)c1OCCOCCOCCOC.O=C(O)c1cc(Br)cc(Br)c1O. The van der Waals surface area contributed by atoms with Crippen molar-refractivity contribution >= 4 is 75.7 Å². The van der Waals surface area contributed by atoms with E-state index in [4.69, 9.17) is 28.8 Å². The molecule has 0 fully saturated rings. The number of hydrogen-bond donors (Lipinski definition) is 2. The van der Waals surface area contributed by atoms with Crippen molar-refractivity contribution in [1.29, 1.82) is 0 Å². The number of carbonyl (C=O) groups is 2. The number of hydrogen-bond acceptors (Lipinski definition) is 8. The minimum atomic E-state index is -1.16. The van der Waals surface area contributed by atoms with E-state index in [0.717, 1.165) is 4.47 Å². The molecule has 2 aromatic carbocycles. The van der Waals surface area contributed by atoms with E-state index in [1.54, 1.807) is 26.2 Å². The lowest BCUT2D eigenvalue weighted by molar-refractivity contribution is 0.0177. The number of rotatable bonds is 13. The second-order valence-corrected chi connectivity index (χ2v) is 10.2. The first-order chi connectivity index (χ1) is 17.1. The average molecular weight is 766 g/mol. The Balaban J connectivity index is 0.000000450. The van der Waals surface area contributed by atoms with E-state index < -0.39 is 11.9 Å². The molecule has 13 heteroatoms. The molecule has 0 heterocycles. The quantitative estimate of drug-likeness (QED) is 0.185. The minimum Gasteiger partial charge on any atom is -0.506 e. The highest BCUT2D eigenvalue weighted by atomic mass is 79.9. The number of aromatic carboxylic acids is 1. The molecule has 0 saturated carbocycles. The zero-order valence-corrected chi connectivity index (χ0v) is 25.9. The van der Waals surface area contributed by atoms with Crippen molar-refractivity contribution < 1.29 is 43.5 Å². The molecule has 2 aromatic rings. The fraction of sp³-hybridized carbons (Fsp3) is 0.391. The number of carboxylic acids is 1. The predicted octanol–water partition coefficient (Wildman–Crippen LogP) is 6.06. The Kier molecular flexibility index (Phi) is 16.5. The summed E-state index contributed by atoms with van der Waals surface area (Å²) >= 11 is 12.9. The monoisotopic (exact) mass is 762 g/mol. The van der Waals surface area contributed by atoms with Crippen LogP contribution in [0.2, 0.25) is 0 Å². The predicted molar refractivity (Wildman–Crippen MR) is 147 cm³/mol. The Morgan fingerprint density at radius 1 is 0.806 bits per heavy atom. The summed E-state index contributed by atoms with van der Waals surface area (Å²) in [5, 5.41) is 17.9. The maximum absolute atomic E-state index is 12.0. The fourth-order valence-electron chi connectivity index (χ4n) is 2.46. The summed E-state index contributed by atoms with van der Waals surface area (Å²) in [6, 6.07) is 6.38. The van der Waals surface area contributed by atoms with Gasteiger partial charge < -0.3 is 33.9 Å². The first kappa shape index (κ1) is 32.8. The van der Waals surface area contributed by atoms with Gasteiger partial charge in [-0.15, -0.1) is 0 Å². The number of aromatic hydroxyl groups is 1. The first-order valence-corrected chi connectivity index (χ1v) is 13.6. The van der Waals surface area contributed by atoms with Crippen LogP contribution in [0.4, 0.5) is 0 Å². The molecule has 0 unspecified atom stereocenters. The van der Waals surface area contributed by atoms with Gasteiger partial charge in [-0.25, -0.2) is 9.59 Å². The molecule has 0 radical (unpaired) electrons. The molecule has 0 aliphatic rings. The van der Waals surface area contributed by atoms with Crippen molar-refractivity contribution in [2.24, 2.45) is 0 Å². The highest BCUT2D eigenvalue weighted by Crippen LogP contribution is 2.33. The van der Waals surface area contributed by atoms with E-state index in [-0.39, 0.29) is 11.3 Å². The first-order valence-electron chi connectivity index (χ1n) is 10.5. The smallest absolute Gasteiger partial charge is 0.341 e. The molecule has 0 aliphatic heterocycles. The van der Waals surface area contributed by atoms with Crippen LogP contribution in [0.5, 0.6) is 11.5 Å². The number of carbonyl (C=O) groups excluding carboxylic acids is 1. The van der Waals surface area contributed by atoms with Crippen LogP contribution >= 0.6 is 63.7 Å². The normalized spacial score (nSPS) is 10.4. The molecule has 9 nitrogen and oxygen atoms in total. The van der Waals surface area contributed by atoms with Gasteiger partial charge in [0.05, 0.1) is 48.6 Å². The maximum atomic E-state index is 12.0. The van der Waals surface area contributed by atoms with Gasteiger partial charge in [0, 0.05) is 16.1 Å². The van der Waals surface area contributed by atoms with Gasteiger partial charge in [-0.1, -0.05) is 31.9 Å². The van der Waals surface area contributed by atoms with Crippen LogP contribution in [0.1, 0.15) is 27.6 Å². The number of halogens is 4. The summed E-state index contributed by atoms with van der Waals surface area (Å²) in [4.78, 5) is 22.6. The van der Waals surface area contributed by atoms with Crippen molar-refractivity contribution in [3.63, 3.8) is 0 Å². The van der Waals surface area contributed by atoms with Gasteiger partial charge in [0.2, 0.25) is 0 Å². The summed E-state index contributed by atoms with van der Waals surface area (Å²) in [5.41, 5.74) is 0.234. The average Bonchev–Trinajstić information content (AvgIpc) is 2.81. The van der Waals surface area contributed by atoms with Crippen molar-refractivity contribution in [3.8, 4) is 11.5 Å². The lowest BCUT2D eigenvalue weighted by Crippen LogP contribution is -2.14. The second-order valence-electron chi connectivity index (χ2n) is 6.64. The minimum absolute atomic E-state index is 0.128. The molecule has 200 valence electrons. The van der Waals surface area contributed by atoms with Crippen molar-refractivity contribution in [2.75, 3.05) is 53.4 Å². The number of ether oxygens (including phenoxy) is 5. The Labute approximate surface area is 242 Å². The fourth-order valence-corrected chi connectivity index (χ4v) is 5.03. The van der Waals surface area contributed by atoms with Gasteiger partial charge in [-0.3, -0.25) is 0 Å². The molecule has 0 aromatic heterocycles. The molecule has 0 spiro atoms. The third kappa shape index (κ3) is 11.9. The van der Waals surface area contributed by atoms with E-state index >= 15 is 0 Å². The second kappa shape index (κ2) is 18.1. The molecular formula is C23H26Br4O9. The summed E-state index contributed by atoms with van der Waals surface area (Å²) in [5.74, 6) is -1.40. The molecule has 0 bridgehead atoms. The standard InChI is InChI=1S/C16H22Br2O6.C7H4Br2O3/c1-3-23-16(19)13-10-12(17)11-14(18)15(13)24-9-8-22-7-6-21-5-4-20-2;8-3-1-4(7(11)12)6(10)5(9)2-3/h10-11H,3-9H2,1-2H3;1-2,10H,(H,11,12). The highest BCUT2D eigenvalue weighted by Gasteiger charge is 2.18. The van der Waals surface area contributed by atoms with Gasteiger partial charge >= 0.3 is 11.9 Å². The van der Waals surface area contributed by atoms with E-state index in [9.17, 15) is 14.7 Å². The molecule has 0 amide bonds. The third-order valence-corrected chi connectivity index (χ3v) is 6.15. The number of methoxy groups -OCH3 is 1. The number of phenols is 1. The van der Waals surface area contributed by atoms with Crippen molar-refractivity contribution in [1.82, 2.24) is 0 Å². The Morgan fingerprint density at radius 2 is 1.33 bits per heavy atom. The Morgan fingerprint density at radius 3 is 1.89 bits per heavy atom. The Hall–Kier alpha value is -1.22. The van der Waals surface area contributed by atoms with Crippen molar-refractivity contribution in [2.45, 2.75) is 6.92 Å². The molecule has 0 aliphatic carbocycles. The van der Waals surface area contributed by atoms with Gasteiger partial charge in [-0.05, 0) is 63.0 Å². The maximum Gasteiger partial charge on any atom is 0.341 e. The summed E-state index contributed by atoms with van der Waals surface area (Å²) < 4.78 is 28.7. The zero-order valence-electron chi connectivity index (χ0n) is 19.5. The van der Waals surface area contributed by atoms with Crippen molar-refractivity contribution in [3.05, 3.63) is 53.3 Å². The van der Waals surface area contributed by atoms with Gasteiger partial charge in [0.1, 0.15) is 29.2 Å². The van der Waals surface area contributed by atoms with Crippen LogP contribution in [-0.2, 0) is 18.9 Å². The van der Waals surface area contributed by atoms with Crippen LogP contribution in [0.3, 0.4) is 0 Å². The lowest BCUT2D eigenvalue weighted by atomic mass is 10.2. The van der Waals surface area contributed by atoms with Crippen LogP contribution in [0.25, 0.3) is 0 Å². The van der Waals surface area contributed by atoms with Crippen LogP contribution in [0, 0.1) is 0 Å². The number of carboxylic acid groups (broad SMARTS) is 1. The Bertz CT molecular complexity index is 1000. The summed E-state index contributed by atoms with van der Waals surface area (Å²) in [6.45, 7) is 4.84. The number of esters is 1. The highest BCUT2D eigenvalue weighted by molar-refractivity contribution is 9.11. The molecular weight excluding hydrogens is 740 g/mol. The van der Waals surface area contributed by atoms with Crippen LogP contribution in [-0.4, -0.2) is 75.5 Å². The van der Waals surface area contributed by atoms with E-state index in [2.05, 4.69) is 63.7 Å². The van der Waals surface area contributed by atoms with Gasteiger partial charge in [0.15, 0.2) is 0 Å². The number of benzene rings is 2. The zero-order chi connectivity index (χ0) is 27.1. The van der Waals surface area contributed by atoms with Gasteiger partial charge in [-0.2, -0.15) is 0 Å². The summed E-state index contributed by atoms with van der Waals surface area (Å²) in [6.07, 6.45) is 0. The van der Waals surface area contributed by atoms with E-state index in [1.165, 1.54) is 6.07 Å². The largest absolute Gasteiger partial charge is 0.506 e. The summed E-state index contributed by atoms with van der Waals surface area (Å²) in [7, 11) is 1.63. The van der Waals surface area contributed by atoms with Gasteiger partial charge in [0.25, 0.3) is 0 Å².